The number of nitrogens with one attached hydrogen (secondary N) is 2. The number of aromatic nitrogens is 9. The number of ether oxygens (including phenoxy) is 2. The Balaban J connectivity index is 0.000000216. The molecule has 1 aliphatic heterocycles. The Kier molecular flexibility index (Phi) is 20.3. The fourth-order valence-corrected chi connectivity index (χ4v) is 7.90. The highest BCUT2D eigenvalue weighted by atomic mass is 127. The normalized spacial score (nSPS) is 17.4. The lowest BCUT2D eigenvalue weighted by atomic mass is 9.82. The van der Waals surface area contributed by atoms with Crippen LogP contribution in [0.5, 0.6) is 0 Å². The molecule has 23 heteroatoms. The Morgan fingerprint density at radius 2 is 0.960 bits per heavy atom. The zero-order valence-electron chi connectivity index (χ0n) is 45.1. The molecule has 3 aliphatic carbocycles. The van der Waals surface area contributed by atoms with Gasteiger partial charge in [-0.25, -0.2) is 9.59 Å². The van der Waals surface area contributed by atoms with Gasteiger partial charge >= 0.3 is 19.3 Å². The number of aryl methyl sites for hydroxylation is 3. The molecule has 18 nitrogen and oxygen atoms in total. The monoisotopic (exact) mass is 1200 g/mol. The van der Waals surface area contributed by atoms with Crippen molar-refractivity contribution in [2.24, 2.45) is 26.9 Å². The van der Waals surface area contributed by atoms with Crippen LogP contribution < -0.4 is 21.8 Å². The van der Waals surface area contributed by atoms with Crippen LogP contribution in [0.1, 0.15) is 125 Å². The summed E-state index contributed by atoms with van der Waals surface area (Å²) < 4.78 is 28.8. The first-order valence-electron chi connectivity index (χ1n) is 24.3. The Hall–Kier alpha value is -4.84. The van der Waals surface area contributed by atoms with E-state index in [0.717, 1.165) is 86.9 Å². The minimum Gasteiger partial charge on any atom is -0.444 e. The van der Waals surface area contributed by atoms with Gasteiger partial charge in [0.25, 0.3) is 0 Å². The van der Waals surface area contributed by atoms with E-state index in [1.165, 1.54) is 0 Å². The largest absolute Gasteiger partial charge is 0.498 e. The highest BCUT2D eigenvalue weighted by molar-refractivity contribution is 14.1. The smallest absolute Gasteiger partial charge is 0.444 e. The maximum atomic E-state index is 12.0. The quantitative estimate of drug-likeness (QED) is 0.0958. The zero-order valence-corrected chi connectivity index (χ0v) is 49.7. The lowest BCUT2D eigenvalue weighted by Gasteiger charge is -2.32. The number of carbonyl (C=O) groups excluding carboxylic acids is 2. The van der Waals surface area contributed by atoms with E-state index >= 15 is 0 Å². The molecule has 7 heterocycles. The molecule has 2 amide bonds. The molecule has 4 N–H and O–H groups in total. The van der Waals surface area contributed by atoms with Gasteiger partial charge in [0.05, 0.1) is 57.3 Å². The van der Waals surface area contributed by atoms with Crippen molar-refractivity contribution in [2.75, 3.05) is 0 Å². The van der Waals surface area contributed by atoms with Crippen LogP contribution in [0, 0.1) is 3.57 Å². The number of hydrogen-bond donors (Lipinski definition) is 3. The van der Waals surface area contributed by atoms with Crippen molar-refractivity contribution < 1.29 is 28.4 Å². The number of rotatable bonds is 8. The van der Waals surface area contributed by atoms with Crippen molar-refractivity contribution in [1.29, 1.82) is 0 Å². The van der Waals surface area contributed by atoms with Gasteiger partial charge in [0.15, 0.2) is 0 Å². The standard InChI is InChI=1S/C17H22N4O2.C13H17IN2O2.C12H14N4.C10H17BN2O2.3ClH/c1-16(2,3)23-15(22)20-17(7-8-17)14-6-5-12(9-18-14)13-10-19-21(4)11-13;1-12(2,3)18-11(17)16-13(6-7-13)10-5-4-9(14)8-15-10;1-16-8-10(7-15-16)9-2-3-11(14-6-9)12(13)4-5-12;1-9(2)10(3,4)15-11(14-9)8-6-12-13(5)7-8;;;/h5-6,9-11H,7-8H2,1-4H3,(H,20,22);4-5,8H,6-7H2,1-3H3,(H,16,17);2-3,6-8H,4-5,13H2,1H3;6-7H,1-5H3;3*1H. The molecule has 4 fully saturated rings. The molecule has 6 aromatic heterocycles. The molecule has 0 aromatic carbocycles. The summed E-state index contributed by atoms with van der Waals surface area (Å²) in [7, 11) is 5.37. The van der Waals surface area contributed by atoms with Gasteiger partial charge in [-0.05, 0) is 155 Å². The molecular formula is C52H73BCl3IN12O6. The van der Waals surface area contributed by atoms with Crippen LogP contribution in [0.4, 0.5) is 9.59 Å². The maximum Gasteiger partial charge on any atom is 0.498 e. The Morgan fingerprint density at radius 1 is 0.573 bits per heavy atom. The molecule has 10 rings (SSSR count). The van der Waals surface area contributed by atoms with Gasteiger partial charge in [-0.1, -0.05) is 12.1 Å². The van der Waals surface area contributed by atoms with Gasteiger partial charge in [-0.3, -0.25) is 29.0 Å². The number of carbonyl (C=O) groups is 2. The van der Waals surface area contributed by atoms with Gasteiger partial charge in [0.1, 0.15) is 11.2 Å². The third-order valence-corrected chi connectivity index (χ3v) is 13.5. The first-order valence-corrected chi connectivity index (χ1v) is 25.3. The Morgan fingerprint density at radius 3 is 1.27 bits per heavy atom. The first-order chi connectivity index (χ1) is 33.6. The van der Waals surface area contributed by atoms with E-state index in [1.807, 2.05) is 170 Å². The maximum absolute atomic E-state index is 12.0. The fraction of sp³-hybridized carbons (Fsp3) is 0.500. The summed E-state index contributed by atoms with van der Waals surface area (Å²) in [4.78, 5) is 37.2. The first kappa shape index (κ1) is 62.7. The zero-order chi connectivity index (χ0) is 52.5. The van der Waals surface area contributed by atoms with Gasteiger partial charge < -0.3 is 35.1 Å². The molecule has 408 valence electrons. The van der Waals surface area contributed by atoms with Crippen LogP contribution in [0.2, 0.25) is 0 Å². The molecule has 6 aromatic rings. The second-order valence-corrected chi connectivity index (χ2v) is 23.4. The average Bonchev–Trinajstić information content (AvgIpc) is 4.23. The van der Waals surface area contributed by atoms with Crippen LogP contribution in [-0.4, -0.2) is 86.0 Å². The highest BCUT2D eigenvalue weighted by Gasteiger charge is 2.52. The van der Waals surface area contributed by atoms with Crippen molar-refractivity contribution in [3.63, 3.8) is 0 Å². The molecule has 0 spiro atoms. The molecule has 4 aliphatic rings. The summed E-state index contributed by atoms with van der Waals surface area (Å²) in [5.41, 5.74) is 11.7. The van der Waals surface area contributed by atoms with Crippen LogP contribution >= 0.6 is 59.8 Å². The van der Waals surface area contributed by atoms with Gasteiger partial charge in [-0.2, -0.15) is 15.3 Å². The van der Waals surface area contributed by atoms with E-state index in [-0.39, 0.29) is 78.3 Å². The molecule has 0 bridgehead atoms. The number of hydrogen-bond acceptors (Lipinski definition) is 13. The SMILES string of the molecule is CC(C)(C)OC(=O)NC1(c2ccc(I)cn2)CC1.Cl.Cl.Cl.Cn1cc(-c2ccc(C3(N)CC3)nc2)cn1.Cn1cc(-c2ccc(C3(NC(=O)OC(C)(C)C)CC3)nc2)cn1.Cn1cc(B2OC(C)(C)C(C)(C)O2)cn1. The third-order valence-electron chi connectivity index (χ3n) is 12.8. The van der Waals surface area contributed by atoms with Crippen LogP contribution in [-0.2, 0) is 56.5 Å². The number of pyridine rings is 3. The number of halogens is 4. The molecule has 1 saturated heterocycles. The van der Waals surface area contributed by atoms with Crippen molar-refractivity contribution in [3.05, 3.63) is 113 Å². The Bertz CT molecular complexity index is 2800. The van der Waals surface area contributed by atoms with Gasteiger partial charge in [-0.15, -0.1) is 37.2 Å². The summed E-state index contributed by atoms with van der Waals surface area (Å²) in [5.74, 6) is 0. The number of nitrogens with two attached hydrogens (primary N) is 1. The predicted octanol–water partition coefficient (Wildman–Crippen LogP) is 9.61. The van der Waals surface area contributed by atoms with E-state index in [1.54, 1.807) is 20.2 Å². The van der Waals surface area contributed by atoms with E-state index in [9.17, 15) is 9.59 Å². The topological polar surface area (TPSA) is 213 Å². The summed E-state index contributed by atoms with van der Waals surface area (Å²) in [6.07, 6.45) is 21.7. The van der Waals surface area contributed by atoms with Gasteiger partial charge in [0.2, 0.25) is 0 Å². The van der Waals surface area contributed by atoms with E-state index < -0.39 is 17.3 Å². The summed E-state index contributed by atoms with van der Waals surface area (Å²) >= 11 is 2.21. The minimum absolute atomic E-state index is 0. The summed E-state index contributed by atoms with van der Waals surface area (Å²) in [6.45, 7) is 19.3. The number of amides is 2. The van der Waals surface area contributed by atoms with Crippen LogP contribution in [0.25, 0.3) is 22.3 Å². The molecule has 0 atom stereocenters. The predicted molar refractivity (Wildman–Crippen MR) is 306 cm³/mol. The molecule has 0 radical (unpaired) electrons. The highest BCUT2D eigenvalue weighted by Crippen LogP contribution is 2.46. The van der Waals surface area contributed by atoms with E-state index in [4.69, 9.17) is 24.5 Å². The van der Waals surface area contributed by atoms with Crippen molar-refractivity contribution in [3.8, 4) is 22.3 Å². The number of nitrogens with zero attached hydrogens (tertiary/aromatic N) is 9. The second-order valence-electron chi connectivity index (χ2n) is 22.1. The van der Waals surface area contributed by atoms with Gasteiger partial charge in [0, 0.05) is 95.8 Å². The second kappa shape index (κ2) is 24.2. The minimum atomic E-state index is -0.502. The summed E-state index contributed by atoms with van der Waals surface area (Å²) in [6, 6.07) is 12.0. The summed E-state index contributed by atoms with van der Waals surface area (Å²) in [5, 5.41) is 18.3. The Labute approximate surface area is 473 Å². The molecule has 0 unspecified atom stereocenters. The fourth-order valence-electron chi connectivity index (χ4n) is 7.58. The van der Waals surface area contributed by atoms with E-state index in [2.05, 4.69) is 69.5 Å². The van der Waals surface area contributed by atoms with Crippen LogP contribution in [0.3, 0.4) is 0 Å². The van der Waals surface area contributed by atoms with Crippen LogP contribution in [0.15, 0.2) is 92.2 Å². The number of alkyl carbamates (subject to hydrolysis) is 2. The lowest BCUT2D eigenvalue weighted by Crippen LogP contribution is -2.41. The molecule has 75 heavy (non-hydrogen) atoms. The van der Waals surface area contributed by atoms with Crippen molar-refractivity contribution in [2.45, 2.75) is 147 Å². The molecular weight excluding hydrogens is 1130 g/mol. The lowest BCUT2D eigenvalue weighted by molar-refractivity contribution is 0.00578. The van der Waals surface area contributed by atoms with E-state index in [0.29, 0.717) is 0 Å². The van der Waals surface area contributed by atoms with Crippen molar-refractivity contribution >= 4 is 84.6 Å². The third kappa shape index (κ3) is 16.8. The average molecular weight is 1210 g/mol. The molecule has 3 saturated carbocycles. The van der Waals surface area contributed by atoms with Crippen molar-refractivity contribution in [1.82, 2.24) is 54.9 Å².